The number of nitrogens with zero attached hydrogens (tertiary/aromatic N) is 6. The molecule has 0 bridgehead atoms. The number of carboxylic acid groups (broad SMARTS) is 2. The zero-order valence-corrected chi connectivity index (χ0v) is 26.3. The topological polar surface area (TPSA) is 165 Å². The Kier molecular flexibility index (Phi) is 10.7. The van der Waals surface area contributed by atoms with Gasteiger partial charge in [0.1, 0.15) is 17.7 Å². The normalized spacial score (nSPS) is 15.6. The fraction of sp³-hybridized carbons (Fsp3) is 0.353. The van der Waals surface area contributed by atoms with Gasteiger partial charge in [0.05, 0.1) is 46.5 Å². The van der Waals surface area contributed by atoms with Gasteiger partial charge in [-0.2, -0.15) is 10.5 Å². The van der Waals surface area contributed by atoms with Crippen molar-refractivity contribution in [3.05, 3.63) is 83.1 Å². The smallest absolute Gasteiger partial charge is 0.335 e. The maximum absolute atomic E-state index is 14.3. The lowest BCUT2D eigenvalue weighted by Gasteiger charge is -2.32. The van der Waals surface area contributed by atoms with E-state index >= 15 is 0 Å². The molecule has 0 atom stereocenters. The van der Waals surface area contributed by atoms with Crippen LogP contribution in [-0.4, -0.2) is 61.3 Å². The zero-order chi connectivity index (χ0) is 33.4. The lowest BCUT2D eigenvalue weighted by Crippen LogP contribution is -2.38. The molecule has 242 valence electrons. The van der Waals surface area contributed by atoms with Crippen LogP contribution in [0.5, 0.6) is 5.88 Å². The molecule has 11 nitrogen and oxygen atoms in total. The van der Waals surface area contributed by atoms with Gasteiger partial charge in [0.25, 0.3) is 6.47 Å². The van der Waals surface area contributed by atoms with Gasteiger partial charge in [0.15, 0.2) is 0 Å². The molecule has 1 aliphatic heterocycles. The van der Waals surface area contributed by atoms with Crippen molar-refractivity contribution in [2.75, 3.05) is 13.1 Å². The number of aromatic carboxylic acids is 1. The van der Waals surface area contributed by atoms with Gasteiger partial charge in [0, 0.05) is 48.2 Å². The van der Waals surface area contributed by atoms with E-state index in [4.69, 9.17) is 24.9 Å². The highest BCUT2D eigenvalue weighted by Gasteiger charge is 2.43. The first kappa shape index (κ1) is 33.4. The Morgan fingerprint density at radius 1 is 1.13 bits per heavy atom. The first-order chi connectivity index (χ1) is 22.8. The second-order valence-corrected chi connectivity index (χ2v) is 12.7. The van der Waals surface area contributed by atoms with Crippen molar-refractivity contribution in [3.63, 3.8) is 0 Å². The van der Waals surface area contributed by atoms with E-state index in [-0.39, 0.29) is 23.6 Å². The van der Waals surface area contributed by atoms with Gasteiger partial charge >= 0.3 is 5.97 Å². The van der Waals surface area contributed by atoms with Crippen molar-refractivity contribution in [1.82, 2.24) is 19.4 Å². The summed E-state index contributed by atoms with van der Waals surface area (Å²) in [6, 6.07) is 19.4. The zero-order valence-electron chi connectivity index (χ0n) is 25.5. The van der Waals surface area contributed by atoms with Gasteiger partial charge < -0.3 is 19.5 Å². The summed E-state index contributed by atoms with van der Waals surface area (Å²) >= 11 is 1.33. The predicted octanol–water partition coefficient (Wildman–Crippen LogP) is 5.87. The summed E-state index contributed by atoms with van der Waals surface area (Å²) < 4.78 is 22.6. The highest BCUT2D eigenvalue weighted by Crippen LogP contribution is 2.50. The minimum atomic E-state index is -0.972. The van der Waals surface area contributed by atoms with Crippen LogP contribution >= 0.6 is 11.8 Å². The van der Waals surface area contributed by atoms with E-state index in [2.05, 4.69) is 20.5 Å². The van der Waals surface area contributed by atoms with Gasteiger partial charge in [-0.15, -0.1) is 11.8 Å². The summed E-state index contributed by atoms with van der Waals surface area (Å²) in [6.45, 7) is 2.66. The monoisotopic (exact) mass is 656 g/mol. The van der Waals surface area contributed by atoms with Crippen LogP contribution in [0.1, 0.15) is 59.5 Å². The van der Waals surface area contributed by atoms with Crippen LogP contribution in [0.25, 0.3) is 11.0 Å². The summed E-state index contributed by atoms with van der Waals surface area (Å²) in [4.78, 5) is 32.4. The number of fused-ring (bicyclic) bond motifs is 1. The fourth-order valence-electron chi connectivity index (χ4n) is 5.67. The number of piperidine rings is 1. The summed E-state index contributed by atoms with van der Waals surface area (Å²) in [6.07, 6.45) is 4.11. The average molecular weight is 657 g/mol. The van der Waals surface area contributed by atoms with Crippen molar-refractivity contribution in [2.45, 2.75) is 61.9 Å². The van der Waals surface area contributed by atoms with Crippen LogP contribution in [0.2, 0.25) is 0 Å². The second-order valence-electron chi connectivity index (χ2n) is 11.7. The van der Waals surface area contributed by atoms with Crippen LogP contribution in [-0.2, 0) is 23.6 Å². The number of nitriles is 2. The molecule has 2 aliphatic rings. The number of hydrogen-bond acceptors (Lipinski definition) is 9. The SMILES string of the molecule is N#CCC1(Cn2c(CN3CCC(Oc4cccc(CSc5ccc(C#N)cc5F)n4)CC3)nc3ccc(C(=O)O)cc32)CC1.O=CO. The van der Waals surface area contributed by atoms with Gasteiger partial charge in [0.2, 0.25) is 5.88 Å². The Bertz CT molecular complexity index is 1840. The van der Waals surface area contributed by atoms with Crippen LogP contribution in [0.3, 0.4) is 0 Å². The van der Waals surface area contributed by atoms with E-state index in [0.29, 0.717) is 41.6 Å². The van der Waals surface area contributed by atoms with Crippen molar-refractivity contribution in [1.29, 1.82) is 10.5 Å². The molecule has 2 fully saturated rings. The number of pyridine rings is 1. The van der Waals surface area contributed by atoms with Crippen molar-refractivity contribution in [3.8, 4) is 18.0 Å². The predicted molar refractivity (Wildman–Crippen MR) is 171 cm³/mol. The minimum Gasteiger partial charge on any atom is -0.483 e. The highest BCUT2D eigenvalue weighted by atomic mass is 32.2. The van der Waals surface area contributed by atoms with E-state index in [9.17, 15) is 19.6 Å². The van der Waals surface area contributed by atoms with Gasteiger partial charge in [-0.25, -0.2) is 19.2 Å². The number of rotatable bonds is 11. The molecular weight excluding hydrogens is 623 g/mol. The Labute approximate surface area is 275 Å². The van der Waals surface area contributed by atoms with E-state index in [1.807, 2.05) is 24.3 Å². The van der Waals surface area contributed by atoms with Crippen molar-refractivity contribution >= 4 is 35.2 Å². The molecule has 1 saturated heterocycles. The molecule has 0 radical (unpaired) electrons. The quantitative estimate of drug-likeness (QED) is 0.146. The fourth-order valence-corrected chi connectivity index (χ4v) is 6.50. The molecular formula is C34H33FN6O5S. The molecule has 0 unspecified atom stereocenters. The van der Waals surface area contributed by atoms with Crippen LogP contribution in [0.15, 0.2) is 59.5 Å². The first-order valence-electron chi connectivity index (χ1n) is 15.1. The number of halogens is 1. The second kappa shape index (κ2) is 15.1. The number of hydrogen-bond donors (Lipinski definition) is 2. The molecule has 0 spiro atoms. The minimum absolute atomic E-state index is 0.0138. The number of thioether (sulfide) groups is 1. The van der Waals surface area contributed by atoms with Gasteiger partial charge in [-0.3, -0.25) is 9.69 Å². The summed E-state index contributed by atoms with van der Waals surface area (Å²) in [5, 5.41) is 34.8. The summed E-state index contributed by atoms with van der Waals surface area (Å²) in [5.74, 6) is 0.522. The molecule has 3 heterocycles. The molecule has 0 amide bonds. The molecule has 2 aromatic carbocycles. The van der Waals surface area contributed by atoms with E-state index in [0.717, 1.165) is 61.3 Å². The Balaban J connectivity index is 0.00000139. The van der Waals surface area contributed by atoms with Gasteiger partial charge in [-0.1, -0.05) is 6.07 Å². The maximum atomic E-state index is 14.3. The number of ether oxygens (including phenoxy) is 1. The van der Waals surface area contributed by atoms with Crippen LogP contribution in [0.4, 0.5) is 4.39 Å². The number of carboxylic acids is 1. The first-order valence-corrected chi connectivity index (χ1v) is 16.1. The number of imidazole rings is 1. The largest absolute Gasteiger partial charge is 0.483 e. The standard InChI is InChI=1S/C33H31FN6O3S.CH2O2/c34-26-16-22(18-36)4-7-29(26)44-20-24-2-1-3-31(37-24)43-25-8-14-39(15-9-25)19-30-38-27-6-5-23(32(41)42)17-28(27)40(30)21-33(10-11-33)12-13-35;2-1-3/h1-7,16-17,25H,8-12,14-15,19-21H2,(H,41,42);1H,(H,2,3). The lowest BCUT2D eigenvalue weighted by molar-refractivity contribution is -0.122. The molecule has 6 rings (SSSR count). The number of benzene rings is 2. The maximum Gasteiger partial charge on any atom is 0.335 e. The van der Waals surface area contributed by atoms with E-state index in [1.165, 1.54) is 17.8 Å². The van der Waals surface area contributed by atoms with Crippen LogP contribution in [0, 0.1) is 33.9 Å². The third-order valence-electron chi connectivity index (χ3n) is 8.38. The Morgan fingerprint density at radius 3 is 2.55 bits per heavy atom. The highest BCUT2D eigenvalue weighted by molar-refractivity contribution is 7.98. The molecule has 4 aromatic rings. The molecule has 13 heteroatoms. The summed E-state index contributed by atoms with van der Waals surface area (Å²) in [5.41, 5.74) is 2.81. The number of aromatic nitrogens is 3. The van der Waals surface area contributed by atoms with Gasteiger partial charge in [-0.05, 0) is 68.1 Å². The lowest BCUT2D eigenvalue weighted by atomic mass is 10.0. The molecule has 1 aliphatic carbocycles. The molecule has 47 heavy (non-hydrogen) atoms. The van der Waals surface area contributed by atoms with Crippen molar-refractivity contribution < 1.29 is 28.9 Å². The third kappa shape index (κ3) is 8.44. The third-order valence-corrected chi connectivity index (χ3v) is 9.47. The Hall–Kier alpha value is -4.98. The van der Waals surface area contributed by atoms with E-state index < -0.39 is 11.8 Å². The molecule has 2 aromatic heterocycles. The van der Waals surface area contributed by atoms with Crippen molar-refractivity contribution in [2.24, 2.45) is 5.41 Å². The molecule has 2 N–H and O–H groups in total. The number of carbonyl (C=O) groups is 2. The number of likely N-dealkylation sites (tertiary alicyclic amines) is 1. The average Bonchev–Trinajstić information content (AvgIpc) is 3.75. The van der Waals surface area contributed by atoms with Crippen LogP contribution < -0.4 is 4.74 Å². The molecule has 1 saturated carbocycles. The Morgan fingerprint density at radius 2 is 1.89 bits per heavy atom. The summed E-state index contributed by atoms with van der Waals surface area (Å²) in [7, 11) is 0. The van der Waals surface area contributed by atoms with E-state index in [1.54, 1.807) is 30.3 Å².